The number of halogens is 2. The fourth-order valence-electron chi connectivity index (χ4n) is 1.77. The molecule has 0 fully saturated rings. The van der Waals surface area contributed by atoms with Crippen LogP contribution in [0.15, 0.2) is 40.9 Å². The normalized spacial score (nSPS) is 10.1. The number of anilines is 1. The standard InChI is InChI=1S/C15H13BrFNO3/c1-20-10-4-6-14(21-2)11(8-10)15(19)18-13-7-9(17)3-5-12(13)16/h3-8H,1-2H3,(H,18,19). The molecule has 0 bridgehead atoms. The van der Waals surface area contributed by atoms with Crippen molar-refractivity contribution in [3.8, 4) is 11.5 Å². The Morgan fingerprint density at radius 2 is 1.90 bits per heavy atom. The summed E-state index contributed by atoms with van der Waals surface area (Å²) in [7, 11) is 2.98. The third-order valence-corrected chi connectivity index (χ3v) is 3.52. The van der Waals surface area contributed by atoms with E-state index >= 15 is 0 Å². The van der Waals surface area contributed by atoms with Gasteiger partial charge in [0.05, 0.1) is 25.5 Å². The lowest BCUT2D eigenvalue weighted by atomic mass is 10.1. The van der Waals surface area contributed by atoms with Gasteiger partial charge in [0.25, 0.3) is 5.91 Å². The van der Waals surface area contributed by atoms with Gasteiger partial charge >= 0.3 is 0 Å². The van der Waals surface area contributed by atoms with Crippen molar-refractivity contribution in [1.29, 1.82) is 0 Å². The fourth-order valence-corrected chi connectivity index (χ4v) is 2.12. The van der Waals surface area contributed by atoms with E-state index in [4.69, 9.17) is 9.47 Å². The van der Waals surface area contributed by atoms with Crippen LogP contribution in [0.5, 0.6) is 11.5 Å². The van der Waals surface area contributed by atoms with Crippen molar-refractivity contribution in [2.24, 2.45) is 0 Å². The monoisotopic (exact) mass is 353 g/mol. The quantitative estimate of drug-likeness (QED) is 0.907. The molecule has 1 N–H and O–H groups in total. The van der Waals surface area contributed by atoms with Crippen LogP contribution < -0.4 is 14.8 Å². The molecule has 0 spiro atoms. The van der Waals surface area contributed by atoms with Crippen LogP contribution in [-0.4, -0.2) is 20.1 Å². The molecule has 0 aliphatic heterocycles. The molecule has 110 valence electrons. The number of hydrogen-bond donors (Lipinski definition) is 1. The second-order valence-corrected chi connectivity index (χ2v) is 5.00. The molecule has 0 saturated heterocycles. The zero-order valence-electron chi connectivity index (χ0n) is 11.4. The number of ether oxygens (including phenoxy) is 2. The average Bonchev–Trinajstić information content (AvgIpc) is 2.50. The number of hydrogen-bond acceptors (Lipinski definition) is 3. The minimum absolute atomic E-state index is 0.299. The highest BCUT2D eigenvalue weighted by Gasteiger charge is 2.15. The second-order valence-electron chi connectivity index (χ2n) is 4.14. The molecule has 2 aromatic rings. The molecule has 2 aromatic carbocycles. The Kier molecular flexibility index (Phi) is 4.80. The Morgan fingerprint density at radius 3 is 2.57 bits per heavy atom. The Hall–Kier alpha value is -2.08. The SMILES string of the molecule is COc1ccc(OC)c(C(=O)Nc2cc(F)ccc2Br)c1. The average molecular weight is 354 g/mol. The predicted molar refractivity (Wildman–Crippen MR) is 81.6 cm³/mol. The summed E-state index contributed by atoms with van der Waals surface area (Å²) < 4.78 is 24.1. The van der Waals surface area contributed by atoms with Gasteiger partial charge in [0.15, 0.2) is 0 Å². The lowest BCUT2D eigenvalue weighted by molar-refractivity contribution is 0.102. The first-order valence-electron chi connectivity index (χ1n) is 6.03. The van der Waals surface area contributed by atoms with E-state index in [9.17, 15) is 9.18 Å². The first-order chi connectivity index (χ1) is 10.0. The molecule has 1 amide bonds. The van der Waals surface area contributed by atoms with E-state index < -0.39 is 11.7 Å². The number of carbonyl (C=O) groups excluding carboxylic acids is 1. The number of rotatable bonds is 4. The van der Waals surface area contributed by atoms with Crippen LogP contribution in [0.2, 0.25) is 0 Å². The van der Waals surface area contributed by atoms with Gasteiger partial charge in [-0.05, 0) is 52.3 Å². The summed E-state index contributed by atoms with van der Waals surface area (Å²) in [5.74, 6) is 0.0724. The summed E-state index contributed by atoms with van der Waals surface area (Å²) in [6, 6.07) is 8.93. The molecule has 2 rings (SSSR count). The van der Waals surface area contributed by atoms with E-state index in [0.717, 1.165) is 0 Å². The van der Waals surface area contributed by atoms with E-state index in [1.165, 1.54) is 32.4 Å². The van der Waals surface area contributed by atoms with E-state index in [2.05, 4.69) is 21.2 Å². The van der Waals surface area contributed by atoms with Crippen molar-refractivity contribution in [2.45, 2.75) is 0 Å². The zero-order chi connectivity index (χ0) is 15.4. The molecule has 0 saturated carbocycles. The van der Waals surface area contributed by atoms with Gasteiger partial charge in [-0.3, -0.25) is 4.79 Å². The lowest BCUT2D eigenvalue weighted by Gasteiger charge is -2.12. The van der Waals surface area contributed by atoms with Gasteiger partial charge in [0.2, 0.25) is 0 Å². The molecule has 4 nitrogen and oxygen atoms in total. The zero-order valence-corrected chi connectivity index (χ0v) is 13.0. The third-order valence-electron chi connectivity index (χ3n) is 2.83. The van der Waals surface area contributed by atoms with Gasteiger partial charge in [0.1, 0.15) is 17.3 Å². The van der Waals surface area contributed by atoms with E-state index in [0.29, 0.717) is 27.2 Å². The Balaban J connectivity index is 2.33. The van der Waals surface area contributed by atoms with Gasteiger partial charge in [-0.1, -0.05) is 0 Å². The molecule has 0 aromatic heterocycles. The van der Waals surface area contributed by atoms with Gasteiger partial charge in [-0.2, -0.15) is 0 Å². The number of methoxy groups -OCH3 is 2. The smallest absolute Gasteiger partial charge is 0.259 e. The van der Waals surface area contributed by atoms with Crippen molar-refractivity contribution in [3.05, 3.63) is 52.3 Å². The summed E-state index contributed by atoms with van der Waals surface area (Å²) in [5, 5.41) is 2.63. The highest BCUT2D eigenvalue weighted by Crippen LogP contribution is 2.27. The van der Waals surface area contributed by atoms with Gasteiger partial charge < -0.3 is 14.8 Å². The van der Waals surface area contributed by atoms with Crippen LogP contribution in [-0.2, 0) is 0 Å². The summed E-state index contributed by atoms with van der Waals surface area (Å²) in [6.45, 7) is 0. The van der Waals surface area contributed by atoms with E-state index in [1.54, 1.807) is 18.2 Å². The Bertz CT molecular complexity index is 676. The minimum atomic E-state index is -0.439. The maximum atomic E-state index is 13.2. The van der Waals surface area contributed by atoms with Crippen LogP contribution in [0.1, 0.15) is 10.4 Å². The molecule has 0 heterocycles. The van der Waals surface area contributed by atoms with Crippen LogP contribution >= 0.6 is 15.9 Å². The summed E-state index contributed by atoms with van der Waals surface area (Å²) in [5.41, 5.74) is 0.637. The number of nitrogens with one attached hydrogen (secondary N) is 1. The highest BCUT2D eigenvalue weighted by molar-refractivity contribution is 9.10. The van der Waals surface area contributed by atoms with Crippen LogP contribution in [0.25, 0.3) is 0 Å². The van der Waals surface area contributed by atoms with Crippen molar-refractivity contribution >= 4 is 27.5 Å². The largest absolute Gasteiger partial charge is 0.497 e. The molecule has 0 unspecified atom stereocenters. The van der Waals surface area contributed by atoms with E-state index in [-0.39, 0.29) is 0 Å². The summed E-state index contributed by atoms with van der Waals surface area (Å²) >= 11 is 3.26. The number of amides is 1. The van der Waals surface area contributed by atoms with Crippen LogP contribution in [0.4, 0.5) is 10.1 Å². The maximum absolute atomic E-state index is 13.2. The van der Waals surface area contributed by atoms with Crippen LogP contribution in [0, 0.1) is 5.82 Å². The molecule has 21 heavy (non-hydrogen) atoms. The molecule has 0 radical (unpaired) electrons. The van der Waals surface area contributed by atoms with Crippen molar-refractivity contribution < 1.29 is 18.7 Å². The number of benzene rings is 2. The predicted octanol–water partition coefficient (Wildman–Crippen LogP) is 3.86. The third kappa shape index (κ3) is 3.52. The maximum Gasteiger partial charge on any atom is 0.259 e. The van der Waals surface area contributed by atoms with Gasteiger partial charge in [-0.25, -0.2) is 4.39 Å². The Morgan fingerprint density at radius 1 is 1.14 bits per heavy atom. The molecular weight excluding hydrogens is 341 g/mol. The first kappa shape index (κ1) is 15.3. The first-order valence-corrected chi connectivity index (χ1v) is 6.83. The fraction of sp³-hybridized carbons (Fsp3) is 0.133. The Labute approximate surface area is 130 Å². The lowest BCUT2D eigenvalue weighted by Crippen LogP contribution is -2.14. The number of carbonyl (C=O) groups is 1. The van der Waals surface area contributed by atoms with Crippen molar-refractivity contribution in [1.82, 2.24) is 0 Å². The molecule has 0 atom stereocenters. The molecule has 0 aliphatic carbocycles. The summed E-state index contributed by atoms with van der Waals surface area (Å²) in [6.07, 6.45) is 0. The van der Waals surface area contributed by atoms with Crippen molar-refractivity contribution in [3.63, 3.8) is 0 Å². The highest BCUT2D eigenvalue weighted by atomic mass is 79.9. The second kappa shape index (κ2) is 6.58. The molecule has 6 heteroatoms. The molecular formula is C15H13BrFNO3. The van der Waals surface area contributed by atoms with Crippen LogP contribution in [0.3, 0.4) is 0 Å². The van der Waals surface area contributed by atoms with Crippen molar-refractivity contribution in [2.75, 3.05) is 19.5 Å². The van der Waals surface area contributed by atoms with Gasteiger partial charge in [0, 0.05) is 4.47 Å². The topological polar surface area (TPSA) is 47.6 Å². The van der Waals surface area contributed by atoms with E-state index in [1.807, 2.05) is 0 Å². The molecule has 0 aliphatic rings. The van der Waals surface area contributed by atoms with Gasteiger partial charge in [-0.15, -0.1) is 0 Å². The summed E-state index contributed by atoms with van der Waals surface area (Å²) in [4.78, 5) is 12.3. The minimum Gasteiger partial charge on any atom is -0.497 e.